The molecule has 3 saturated heterocycles. The molecule has 3 aromatic heterocycles. The first-order valence-corrected chi connectivity index (χ1v) is 11.5. The molecule has 0 radical (unpaired) electrons. The van der Waals surface area contributed by atoms with Gasteiger partial charge in [-0.25, -0.2) is 9.50 Å². The molecule has 9 nitrogen and oxygen atoms in total. The fourth-order valence-electron chi connectivity index (χ4n) is 5.83. The number of alkyl halides is 3. The van der Waals surface area contributed by atoms with Crippen molar-refractivity contribution in [2.45, 2.75) is 44.0 Å². The van der Waals surface area contributed by atoms with Crippen molar-refractivity contribution in [3.05, 3.63) is 41.6 Å². The van der Waals surface area contributed by atoms with Gasteiger partial charge in [-0.2, -0.15) is 18.3 Å². The van der Waals surface area contributed by atoms with E-state index in [1.54, 1.807) is 4.52 Å². The van der Waals surface area contributed by atoms with Gasteiger partial charge in [0, 0.05) is 25.2 Å². The van der Waals surface area contributed by atoms with Crippen LogP contribution in [0.1, 0.15) is 36.8 Å². The van der Waals surface area contributed by atoms with E-state index in [2.05, 4.69) is 10.00 Å². The van der Waals surface area contributed by atoms with Crippen LogP contribution in [0.2, 0.25) is 0 Å². The molecular formula is C23H25F3N6O3. The number of halogens is 3. The third kappa shape index (κ3) is 3.18. The number of carbonyl (C=O) groups is 1. The van der Waals surface area contributed by atoms with Crippen molar-refractivity contribution in [1.29, 1.82) is 0 Å². The minimum Gasteiger partial charge on any atom is -0.469 e. The zero-order valence-corrected chi connectivity index (χ0v) is 19.5. The Morgan fingerprint density at radius 1 is 1.31 bits per heavy atom. The summed E-state index contributed by atoms with van der Waals surface area (Å²) in [5, 5.41) is 8.50. The van der Waals surface area contributed by atoms with Crippen LogP contribution in [0.15, 0.2) is 24.5 Å². The first kappa shape index (κ1) is 22.3. The molecule has 1 saturated carbocycles. The van der Waals surface area contributed by atoms with Crippen LogP contribution in [0.5, 0.6) is 0 Å². The van der Waals surface area contributed by atoms with Crippen LogP contribution in [-0.4, -0.2) is 57.2 Å². The summed E-state index contributed by atoms with van der Waals surface area (Å²) in [6.07, 6.45) is 0.121. The first-order valence-electron chi connectivity index (χ1n) is 11.5. The van der Waals surface area contributed by atoms with Crippen LogP contribution in [0.4, 0.5) is 18.9 Å². The average Bonchev–Trinajstić information content (AvgIpc) is 3.59. The van der Waals surface area contributed by atoms with E-state index in [0.29, 0.717) is 44.0 Å². The van der Waals surface area contributed by atoms with Crippen molar-refractivity contribution in [3.8, 4) is 0 Å². The predicted molar refractivity (Wildman–Crippen MR) is 117 cm³/mol. The van der Waals surface area contributed by atoms with Gasteiger partial charge in [0.15, 0.2) is 17.2 Å². The van der Waals surface area contributed by atoms with E-state index < -0.39 is 28.9 Å². The summed E-state index contributed by atoms with van der Waals surface area (Å²) in [6, 6.07) is 3.01. The quantitative estimate of drug-likeness (QED) is 0.520. The molecule has 4 fully saturated rings. The molecule has 3 unspecified atom stereocenters. The van der Waals surface area contributed by atoms with Gasteiger partial charge in [-0.15, -0.1) is 5.10 Å². The van der Waals surface area contributed by atoms with Crippen molar-refractivity contribution < 1.29 is 27.4 Å². The van der Waals surface area contributed by atoms with Crippen molar-refractivity contribution in [1.82, 2.24) is 24.4 Å². The van der Waals surface area contributed by atoms with Crippen LogP contribution in [-0.2, 0) is 31.6 Å². The third-order valence-corrected chi connectivity index (χ3v) is 7.78. The Morgan fingerprint density at radius 3 is 2.80 bits per heavy atom. The summed E-state index contributed by atoms with van der Waals surface area (Å²) in [5.41, 5.74) is 0.142. The van der Waals surface area contributed by atoms with E-state index >= 15 is 0 Å². The van der Waals surface area contributed by atoms with E-state index in [1.165, 1.54) is 18.0 Å². The largest absolute Gasteiger partial charge is 0.469 e. The fourth-order valence-corrected chi connectivity index (χ4v) is 5.83. The van der Waals surface area contributed by atoms with E-state index in [-0.39, 0.29) is 11.9 Å². The van der Waals surface area contributed by atoms with E-state index in [9.17, 15) is 18.0 Å². The number of carbonyl (C=O) groups excluding carboxylic acids is 1. The highest BCUT2D eigenvalue weighted by Gasteiger charge is 2.67. The molecule has 3 aliphatic heterocycles. The Hall–Kier alpha value is -3.15. The number of aromatic nitrogens is 5. The summed E-state index contributed by atoms with van der Waals surface area (Å²) in [4.78, 5) is 19.2. The number of rotatable bonds is 4. The van der Waals surface area contributed by atoms with Gasteiger partial charge >= 0.3 is 12.1 Å². The monoisotopic (exact) mass is 490 g/mol. The van der Waals surface area contributed by atoms with E-state index in [0.717, 1.165) is 17.3 Å². The molecule has 186 valence electrons. The number of hydrogen-bond acceptors (Lipinski definition) is 7. The maximum absolute atomic E-state index is 13.0. The molecule has 4 aliphatic rings. The number of methoxy groups -OCH3 is 1. The molecule has 0 N–H and O–H groups in total. The summed E-state index contributed by atoms with van der Waals surface area (Å²) >= 11 is 0. The first-order chi connectivity index (χ1) is 16.5. The number of fused-ring (bicyclic) bond motifs is 2. The molecule has 0 spiro atoms. The normalized spacial score (nSPS) is 30.2. The van der Waals surface area contributed by atoms with Crippen molar-refractivity contribution in [2.75, 3.05) is 31.7 Å². The minimum absolute atomic E-state index is 0.119. The van der Waals surface area contributed by atoms with Gasteiger partial charge in [-0.1, -0.05) is 0 Å². The molecule has 35 heavy (non-hydrogen) atoms. The Labute approximate surface area is 198 Å². The van der Waals surface area contributed by atoms with Gasteiger partial charge in [0.2, 0.25) is 0 Å². The van der Waals surface area contributed by atoms with Crippen LogP contribution in [0, 0.1) is 18.8 Å². The van der Waals surface area contributed by atoms with E-state index in [1.807, 2.05) is 26.1 Å². The standard InChI is InChI=1S/C23H25F3N6O3/c1-13-8-15(30-7-5-21(2,12-30)32-6-4-16(28-32)23(24,25)26)10-31-18(13)27-20(29-31)22-9-14(11-35-22)17(22)19(33)34-3/h4,6,8,10,14,17H,5,7,9,11-12H2,1-3H3/t14?,17?,21-,22?/m1/s1. The highest BCUT2D eigenvalue weighted by molar-refractivity contribution is 5.76. The van der Waals surface area contributed by atoms with Crippen molar-refractivity contribution in [3.63, 3.8) is 0 Å². The molecule has 12 heteroatoms. The lowest BCUT2D eigenvalue weighted by molar-refractivity contribution is -0.164. The number of hydrogen-bond donors (Lipinski definition) is 0. The Bertz CT molecular complexity index is 1330. The second-order valence-corrected chi connectivity index (χ2v) is 10.1. The Morgan fingerprint density at radius 2 is 2.11 bits per heavy atom. The predicted octanol–water partition coefficient (Wildman–Crippen LogP) is 2.91. The lowest BCUT2D eigenvalue weighted by Crippen LogP contribution is -2.50. The summed E-state index contributed by atoms with van der Waals surface area (Å²) in [6.45, 7) is 5.48. The topological polar surface area (TPSA) is 86.8 Å². The highest BCUT2D eigenvalue weighted by Crippen LogP contribution is 2.59. The van der Waals surface area contributed by atoms with Crippen molar-refractivity contribution in [2.24, 2.45) is 11.8 Å². The zero-order chi connectivity index (χ0) is 24.8. The maximum atomic E-state index is 13.0. The molecule has 4 atom stereocenters. The molecule has 2 bridgehead atoms. The van der Waals surface area contributed by atoms with Crippen LogP contribution >= 0.6 is 0 Å². The Kier molecular flexibility index (Phi) is 4.58. The van der Waals surface area contributed by atoms with Crippen LogP contribution < -0.4 is 4.90 Å². The number of ether oxygens (including phenoxy) is 2. The summed E-state index contributed by atoms with van der Waals surface area (Å²) < 4.78 is 53.2. The van der Waals surface area contributed by atoms with E-state index in [4.69, 9.17) is 19.6 Å². The van der Waals surface area contributed by atoms with Crippen LogP contribution in [0.3, 0.4) is 0 Å². The number of aryl methyl sites for hydroxylation is 1. The fraction of sp³-hybridized carbons (Fsp3) is 0.565. The van der Waals surface area contributed by atoms with Crippen LogP contribution in [0.25, 0.3) is 5.65 Å². The minimum atomic E-state index is -4.47. The molecular weight excluding hydrogens is 465 g/mol. The SMILES string of the molecule is COC(=O)C1C2COC1(c1nc3c(C)cc(N4CC[C@@](C)(n5ccc(C(F)(F)F)n5)C4)cn3n1)C2. The van der Waals surface area contributed by atoms with Gasteiger partial charge in [0.25, 0.3) is 0 Å². The Balaban J connectivity index is 1.29. The molecule has 3 aromatic rings. The molecule has 1 aliphatic carbocycles. The highest BCUT2D eigenvalue weighted by atomic mass is 19.4. The number of pyridine rings is 1. The lowest BCUT2D eigenvalue weighted by Gasteiger charge is -2.40. The second kappa shape index (κ2) is 7.19. The van der Waals surface area contributed by atoms with Gasteiger partial charge in [-0.05, 0) is 44.4 Å². The summed E-state index contributed by atoms with van der Waals surface area (Å²) in [5.74, 6) is -0.115. The third-order valence-electron chi connectivity index (χ3n) is 7.78. The van der Waals surface area contributed by atoms with Gasteiger partial charge in [-0.3, -0.25) is 9.48 Å². The lowest BCUT2D eigenvalue weighted by atomic mass is 9.64. The molecule has 0 aromatic carbocycles. The summed E-state index contributed by atoms with van der Waals surface area (Å²) in [7, 11) is 1.37. The van der Waals surface area contributed by atoms with Gasteiger partial charge in [0.05, 0.1) is 37.1 Å². The molecule has 7 rings (SSSR count). The van der Waals surface area contributed by atoms with Crippen molar-refractivity contribution >= 4 is 17.3 Å². The average molecular weight is 490 g/mol. The van der Waals surface area contributed by atoms with Gasteiger partial charge < -0.3 is 14.4 Å². The molecule has 0 amide bonds. The number of esters is 1. The van der Waals surface area contributed by atoms with Gasteiger partial charge in [0.1, 0.15) is 5.60 Å². The number of anilines is 1. The zero-order valence-electron chi connectivity index (χ0n) is 19.5. The number of nitrogens with zero attached hydrogens (tertiary/aromatic N) is 6. The maximum Gasteiger partial charge on any atom is 0.435 e. The second-order valence-electron chi connectivity index (χ2n) is 10.1. The smallest absolute Gasteiger partial charge is 0.435 e. The molecule has 6 heterocycles.